The maximum Gasteiger partial charge on any atom is 0.271 e. The minimum Gasteiger partial charge on any atom is -0.495 e. The van der Waals surface area contributed by atoms with Crippen molar-refractivity contribution in [3.8, 4) is 5.75 Å². The van der Waals surface area contributed by atoms with Crippen molar-refractivity contribution in [2.75, 3.05) is 12.4 Å². The Morgan fingerprint density at radius 1 is 1.27 bits per heavy atom. The molecule has 0 atom stereocenters. The van der Waals surface area contributed by atoms with Gasteiger partial charge < -0.3 is 10.1 Å². The second-order valence-corrected chi connectivity index (χ2v) is 5.41. The molecule has 2 aromatic carbocycles. The first-order chi connectivity index (χ1) is 10.4. The highest BCUT2D eigenvalue weighted by molar-refractivity contribution is 9.10. The summed E-state index contributed by atoms with van der Waals surface area (Å²) in [5.41, 5.74) is 1.56. The highest BCUT2D eigenvalue weighted by Crippen LogP contribution is 2.29. The topological polar surface area (TPSA) is 81.5 Å². The maximum absolute atomic E-state index is 12.3. The lowest BCUT2D eigenvalue weighted by molar-refractivity contribution is -0.384. The van der Waals surface area contributed by atoms with Crippen molar-refractivity contribution < 1.29 is 14.5 Å². The van der Waals surface area contributed by atoms with Crippen molar-refractivity contribution in [3.05, 3.63) is 62.1 Å². The van der Waals surface area contributed by atoms with Gasteiger partial charge in [0.25, 0.3) is 11.6 Å². The Bertz CT molecular complexity index is 746. The molecule has 0 saturated heterocycles. The summed E-state index contributed by atoms with van der Waals surface area (Å²) in [6.07, 6.45) is 0. The van der Waals surface area contributed by atoms with Gasteiger partial charge in [0, 0.05) is 22.2 Å². The third-order valence-electron chi connectivity index (χ3n) is 3.08. The van der Waals surface area contributed by atoms with Crippen LogP contribution in [0.1, 0.15) is 15.9 Å². The molecule has 2 rings (SSSR count). The molecule has 22 heavy (non-hydrogen) atoms. The number of carbonyl (C=O) groups is 1. The fourth-order valence-corrected chi connectivity index (χ4v) is 2.21. The third-order valence-corrected chi connectivity index (χ3v) is 3.93. The van der Waals surface area contributed by atoms with E-state index in [1.54, 1.807) is 12.1 Å². The lowest BCUT2D eigenvalue weighted by atomic mass is 10.1. The highest BCUT2D eigenvalue weighted by Gasteiger charge is 2.15. The van der Waals surface area contributed by atoms with E-state index in [9.17, 15) is 14.9 Å². The Hall–Kier alpha value is -2.41. The molecule has 7 heteroatoms. The van der Waals surface area contributed by atoms with Crippen LogP contribution in [0.15, 0.2) is 40.9 Å². The summed E-state index contributed by atoms with van der Waals surface area (Å²) in [6.45, 7) is 1.91. The predicted molar refractivity (Wildman–Crippen MR) is 86.5 cm³/mol. The molecular formula is C15H13BrN2O4. The van der Waals surface area contributed by atoms with Crippen LogP contribution in [0.5, 0.6) is 5.75 Å². The van der Waals surface area contributed by atoms with Crippen molar-refractivity contribution in [1.29, 1.82) is 0 Å². The number of nitrogens with one attached hydrogen (secondary N) is 1. The molecule has 114 valence electrons. The van der Waals surface area contributed by atoms with E-state index in [4.69, 9.17) is 4.74 Å². The van der Waals surface area contributed by atoms with Crippen LogP contribution in [0, 0.1) is 17.0 Å². The zero-order valence-corrected chi connectivity index (χ0v) is 13.5. The molecule has 0 radical (unpaired) electrons. The number of nitro benzene ring substituents is 1. The Balaban J connectivity index is 2.32. The first kappa shape index (κ1) is 16.0. The Kier molecular flexibility index (Phi) is 4.77. The Labute approximate surface area is 135 Å². The van der Waals surface area contributed by atoms with E-state index in [1.807, 2.05) is 13.0 Å². The maximum atomic E-state index is 12.3. The molecule has 0 aromatic heterocycles. The average Bonchev–Trinajstić information content (AvgIpc) is 2.49. The number of aryl methyl sites for hydroxylation is 1. The smallest absolute Gasteiger partial charge is 0.271 e. The molecule has 2 aromatic rings. The normalized spacial score (nSPS) is 10.1. The molecule has 0 unspecified atom stereocenters. The Morgan fingerprint density at radius 2 is 2.00 bits per heavy atom. The molecule has 0 saturated carbocycles. The molecule has 0 bridgehead atoms. The van der Waals surface area contributed by atoms with Crippen molar-refractivity contribution in [1.82, 2.24) is 0 Å². The number of carbonyl (C=O) groups excluding carboxylic acids is 1. The summed E-state index contributed by atoms with van der Waals surface area (Å²) < 4.78 is 5.92. The third kappa shape index (κ3) is 3.43. The predicted octanol–water partition coefficient (Wildman–Crippen LogP) is 3.93. The van der Waals surface area contributed by atoms with Gasteiger partial charge in [-0.15, -0.1) is 0 Å². The molecule has 0 heterocycles. The molecule has 0 aliphatic carbocycles. The van der Waals surface area contributed by atoms with Gasteiger partial charge in [-0.2, -0.15) is 0 Å². The number of halogens is 1. The number of benzene rings is 2. The average molecular weight is 365 g/mol. The zero-order valence-electron chi connectivity index (χ0n) is 11.9. The molecular weight excluding hydrogens is 352 g/mol. The fourth-order valence-electron chi connectivity index (χ4n) is 1.84. The van der Waals surface area contributed by atoms with Gasteiger partial charge in [0.1, 0.15) is 5.75 Å². The van der Waals surface area contributed by atoms with Crippen LogP contribution >= 0.6 is 15.9 Å². The van der Waals surface area contributed by atoms with Crippen LogP contribution in [0.3, 0.4) is 0 Å². The quantitative estimate of drug-likeness (QED) is 0.658. The number of methoxy groups -OCH3 is 1. The monoisotopic (exact) mass is 364 g/mol. The van der Waals surface area contributed by atoms with Crippen LogP contribution in [0.2, 0.25) is 0 Å². The number of amides is 1. The van der Waals surface area contributed by atoms with E-state index in [0.717, 1.165) is 10.0 Å². The first-order valence-corrected chi connectivity index (χ1v) is 7.11. The van der Waals surface area contributed by atoms with E-state index < -0.39 is 4.92 Å². The van der Waals surface area contributed by atoms with Crippen molar-refractivity contribution in [3.63, 3.8) is 0 Å². The second-order valence-electron chi connectivity index (χ2n) is 4.56. The summed E-state index contributed by atoms with van der Waals surface area (Å²) >= 11 is 3.36. The molecule has 0 fully saturated rings. The number of hydrogen-bond acceptors (Lipinski definition) is 4. The van der Waals surface area contributed by atoms with Crippen LogP contribution in [-0.4, -0.2) is 17.9 Å². The largest absolute Gasteiger partial charge is 0.495 e. The summed E-state index contributed by atoms with van der Waals surface area (Å²) in [6, 6.07) is 9.20. The minimum absolute atomic E-state index is 0.124. The number of hydrogen-bond donors (Lipinski definition) is 1. The number of non-ortho nitro benzene ring substituents is 1. The number of nitrogens with zero attached hydrogens (tertiary/aromatic N) is 1. The second kappa shape index (κ2) is 6.57. The van der Waals surface area contributed by atoms with Crippen LogP contribution in [0.25, 0.3) is 0 Å². The van der Waals surface area contributed by atoms with Crippen molar-refractivity contribution in [2.24, 2.45) is 0 Å². The summed E-state index contributed by atoms with van der Waals surface area (Å²) in [5, 5.41) is 13.5. The van der Waals surface area contributed by atoms with Crippen LogP contribution in [0.4, 0.5) is 11.4 Å². The van der Waals surface area contributed by atoms with Gasteiger partial charge in [0.05, 0.1) is 17.7 Å². The van der Waals surface area contributed by atoms with Gasteiger partial charge in [-0.3, -0.25) is 14.9 Å². The molecule has 0 spiro atoms. The number of rotatable bonds is 4. The molecule has 1 amide bonds. The van der Waals surface area contributed by atoms with Gasteiger partial charge in [-0.05, 0) is 30.7 Å². The van der Waals surface area contributed by atoms with Crippen LogP contribution < -0.4 is 10.1 Å². The molecule has 0 aliphatic rings. The van der Waals surface area contributed by atoms with E-state index in [-0.39, 0.29) is 17.3 Å². The molecule has 0 aliphatic heterocycles. The minimum atomic E-state index is -0.530. The summed E-state index contributed by atoms with van der Waals surface area (Å²) in [4.78, 5) is 22.6. The van der Waals surface area contributed by atoms with E-state index >= 15 is 0 Å². The number of nitro groups is 1. The molecule has 1 N–H and O–H groups in total. The standard InChI is InChI=1S/C15H13BrN2O4/c1-9-3-4-10(7-12(9)16)15(19)17-13-8-11(18(20)21)5-6-14(13)22-2/h3-8H,1-2H3,(H,17,19). The zero-order chi connectivity index (χ0) is 16.3. The van der Waals surface area contributed by atoms with Crippen LogP contribution in [-0.2, 0) is 0 Å². The van der Waals surface area contributed by atoms with Gasteiger partial charge >= 0.3 is 0 Å². The van der Waals surface area contributed by atoms with E-state index in [1.165, 1.54) is 25.3 Å². The first-order valence-electron chi connectivity index (χ1n) is 6.32. The SMILES string of the molecule is COc1ccc([N+](=O)[O-])cc1NC(=O)c1ccc(C)c(Br)c1. The highest BCUT2D eigenvalue weighted by atomic mass is 79.9. The Morgan fingerprint density at radius 3 is 2.59 bits per heavy atom. The van der Waals surface area contributed by atoms with Gasteiger partial charge in [-0.1, -0.05) is 22.0 Å². The fraction of sp³-hybridized carbons (Fsp3) is 0.133. The van der Waals surface area contributed by atoms with Gasteiger partial charge in [0.15, 0.2) is 0 Å². The van der Waals surface area contributed by atoms with Gasteiger partial charge in [0.2, 0.25) is 0 Å². The number of ether oxygens (including phenoxy) is 1. The molecule has 6 nitrogen and oxygen atoms in total. The van der Waals surface area contributed by atoms with E-state index in [0.29, 0.717) is 11.3 Å². The lowest BCUT2D eigenvalue weighted by Gasteiger charge is -2.10. The summed E-state index contributed by atoms with van der Waals surface area (Å²) in [7, 11) is 1.43. The summed E-state index contributed by atoms with van der Waals surface area (Å²) in [5.74, 6) is -0.0235. The van der Waals surface area contributed by atoms with E-state index in [2.05, 4.69) is 21.2 Å². The van der Waals surface area contributed by atoms with Crippen molar-refractivity contribution >= 4 is 33.2 Å². The van der Waals surface area contributed by atoms with Gasteiger partial charge in [-0.25, -0.2) is 0 Å². The van der Waals surface area contributed by atoms with Crippen molar-refractivity contribution in [2.45, 2.75) is 6.92 Å². The lowest BCUT2D eigenvalue weighted by Crippen LogP contribution is -2.13. The number of anilines is 1.